The molecule has 58 heavy (non-hydrogen) atoms. The van der Waals surface area contributed by atoms with Crippen molar-refractivity contribution < 1.29 is 29.0 Å². The number of fused-ring (bicyclic) bond motifs is 3. The first kappa shape index (κ1) is 38.8. The number of aromatic nitrogens is 6. The minimum Gasteiger partial charge on any atom is -0.478 e. The number of ether oxygens (including phenoxy) is 1. The monoisotopic (exact) mass is 841 g/mol. The van der Waals surface area contributed by atoms with Gasteiger partial charge in [0.25, 0.3) is 5.56 Å². The number of hydrogen-bond acceptors (Lipinski definition) is 10. The molecule has 0 bridgehead atoms. The second-order valence-electron chi connectivity index (χ2n) is 12.9. The molecule has 0 fully saturated rings. The maximum atomic E-state index is 13.6. The van der Waals surface area contributed by atoms with Crippen molar-refractivity contribution in [2.24, 2.45) is 0 Å². The zero-order valence-electron chi connectivity index (χ0n) is 30.8. The summed E-state index contributed by atoms with van der Waals surface area (Å²) in [6, 6.07) is 26.2. The predicted molar refractivity (Wildman–Crippen MR) is 219 cm³/mol. The topological polar surface area (TPSA) is 213 Å². The lowest BCUT2D eigenvalue weighted by molar-refractivity contribution is 0.0600. The van der Waals surface area contributed by atoms with Gasteiger partial charge in [-0.1, -0.05) is 31.2 Å². The Labute approximate surface area is 336 Å². The van der Waals surface area contributed by atoms with E-state index in [0.717, 1.165) is 10.1 Å². The first-order valence-electron chi connectivity index (χ1n) is 17.7. The van der Waals surface area contributed by atoms with Gasteiger partial charge in [-0.25, -0.2) is 24.4 Å². The summed E-state index contributed by atoms with van der Waals surface area (Å²) in [5.41, 5.74) is 8.66. The standard InChI is InChI=1S/C26H20N4O5.C16H12BrN3O3/c1-2-11-30-24(32)18-14-16(9-10-19(18)27-26(30)35)22(31)23-28-21(20-8-3-4-12-29(20)23)15-6-5-7-17(13-15)25(33)34;1-23-16(22)10-8-9(5-6-11(10)18)13(21)15-19-14(17)12-4-2-3-7-20(12)15/h3-10,12-14H,2,11H2,1H3,(H,27,35)(H,33,34);2-8H,18H2,1H3. The number of aromatic amines is 1. The fourth-order valence-corrected chi connectivity index (χ4v) is 6.92. The lowest BCUT2D eigenvalue weighted by atomic mass is 10.0. The lowest BCUT2D eigenvalue weighted by Gasteiger charge is -2.06. The SMILES string of the molecule is CCCn1c(=O)[nH]c2ccc(C(=O)c3nc(-c4cccc(C(=O)O)c4)c4ccccn34)cc2c1=O.COC(=O)c1cc(C(=O)c2nc(Br)c3ccccn23)ccc1N. The van der Waals surface area contributed by atoms with Crippen LogP contribution in [0.1, 0.15) is 66.4 Å². The van der Waals surface area contributed by atoms with Gasteiger partial charge >= 0.3 is 17.6 Å². The number of rotatable bonds is 9. The molecule has 8 aromatic rings. The van der Waals surface area contributed by atoms with Crippen molar-refractivity contribution in [1.29, 1.82) is 0 Å². The van der Waals surface area contributed by atoms with Crippen LogP contribution in [-0.2, 0) is 11.3 Å². The summed E-state index contributed by atoms with van der Waals surface area (Å²) in [6.45, 7) is 2.13. The minimum absolute atomic E-state index is 0.110. The van der Waals surface area contributed by atoms with E-state index in [4.69, 9.17) is 5.73 Å². The molecule has 16 heteroatoms. The molecule has 0 saturated carbocycles. The summed E-state index contributed by atoms with van der Waals surface area (Å²) in [6.07, 6.45) is 4.06. The highest BCUT2D eigenvalue weighted by Crippen LogP contribution is 2.28. The van der Waals surface area contributed by atoms with E-state index in [0.29, 0.717) is 38.9 Å². The zero-order valence-corrected chi connectivity index (χ0v) is 32.4. The molecule has 0 saturated heterocycles. The fraction of sp³-hybridized carbons (Fsp3) is 0.0952. The Morgan fingerprint density at radius 2 is 1.45 bits per heavy atom. The Hall–Kier alpha value is -7.46. The number of halogens is 1. The number of nitrogens with zero attached hydrogens (tertiary/aromatic N) is 5. The van der Waals surface area contributed by atoms with Crippen molar-refractivity contribution in [1.82, 2.24) is 28.3 Å². The number of nitrogens with two attached hydrogens (primary N) is 1. The molecule has 0 atom stereocenters. The zero-order chi connectivity index (χ0) is 41.2. The third-order valence-electron chi connectivity index (χ3n) is 9.25. The second kappa shape index (κ2) is 16.0. The summed E-state index contributed by atoms with van der Waals surface area (Å²) in [5.74, 6) is -2.02. The fourth-order valence-electron chi connectivity index (χ4n) is 6.43. The van der Waals surface area contributed by atoms with Crippen LogP contribution in [0.2, 0.25) is 0 Å². The van der Waals surface area contributed by atoms with E-state index in [1.807, 2.05) is 19.1 Å². The molecule has 5 aromatic heterocycles. The Morgan fingerprint density at radius 1 is 0.793 bits per heavy atom. The Balaban J connectivity index is 0.000000193. The number of carbonyl (C=O) groups excluding carboxylic acids is 3. The largest absolute Gasteiger partial charge is 0.478 e. The molecule has 0 aliphatic carbocycles. The van der Waals surface area contributed by atoms with E-state index < -0.39 is 29.0 Å². The first-order valence-corrected chi connectivity index (χ1v) is 18.5. The van der Waals surface area contributed by atoms with Gasteiger partial charge in [-0.05, 0) is 95.1 Å². The molecule has 0 unspecified atom stereocenters. The third-order valence-corrected chi connectivity index (χ3v) is 9.84. The highest BCUT2D eigenvalue weighted by molar-refractivity contribution is 9.10. The lowest BCUT2D eigenvalue weighted by Crippen LogP contribution is -2.35. The molecule has 5 heterocycles. The van der Waals surface area contributed by atoms with Crippen molar-refractivity contribution in [2.75, 3.05) is 12.8 Å². The molecule has 0 aliphatic heterocycles. The number of pyridine rings is 2. The van der Waals surface area contributed by atoms with Crippen LogP contribution in [0.25, 0.3) is 33.2 Å². The number of imidazole rings is 2. The highest BCUT2D eigenvalue weighted by Gasteiger charge is 2.23. The number of ketones is 2. The first-order chi connectivity index (χ1) is 27.9. The number of esters is 1. The molecule has 15 nitrogen and oxygen atoms in total. The van der Waals surface area contributed by atoms with Crippen LogP contribution in [0, 0.1) is 0 Å². The van der Waals surface area contributed by atoms with Gasteiger partial charge in [0.1, 0.15) is 4.60 Å². The molecule has 0 spiro atoms. The highest BCUT2D eigenvalue weighted by atomic mass is 79.9. The van der Waals surface area contributed by atoms with E-state index in [1.165, 1.54) is 43.5 Å². The van der Waals surface area contributed by atoms with E-state index in [1.54, 1.807) is 69.7 Å². The molecule has 0 aliphatic rings. The number of hydrogen-bond donors (Lipinski definition) is 3. The quantitative estimate of drug-likeness (QED) is 0.0866. The molecule has 8 rings (SSSR count). The number of H-pyrrole nitrogens is 1. The van der Waals surface area contributed by atoms with Crippen molar-refractivity contribution in [3.63, 3.8) is 0 Å². The van der Waals surface area contributed by atoms with Gasteiger partial charge in [-0.3, -0.25) is 27.8 Å². The van der Waals surface area contributed by atoms with Crippen LogP contribution in [0.4, 0.5) is 5.69 Å². The van der Waals surface area contributed by atoms with E-state index in [2.05, 4.69) is 35.6 Å². The summed E-state index contributed by atoms with van der Waals surface area (Å²) in [7, 11) is 1.26. The molecule has 0 radical (unpaired) electrons. The van der Waals surface area contributed by atoms with Gasteiger partial charge in [0.15, 0.2) is 11.6 Å². The molecular weight excluding hydrogens is 810 g/mol. The molecule has 4 N–H and O–H groups in total. The smallest absolute Gasteiger partial charge is 0.339 e. The Morgan fingerprint density at radius 3 is 2.14 bits per heavy atom. The average molecular weight is 843 g/mol. The number of carboxylic acid groups (broad SMARTS) is 1. The van der Waals surface area contributed by atoms with Crippen LogP contribution in [0.5, 0.6) is 0 Å². The summed E-state index contributed by atoms with van der Waals surface area (Å²) >= 11 is 3.34. The Kier molecular flexibility index (Phi) is 10.7. The summed E-state index contributed by atoms with van der Waals surface area (Å²) in [5, 5.41) is 9.60. The number of anilines is 1. The number of nitrogen functional groups attached to an aromatic ring is 1. The van der Waals surface area contributed by atoms with Crippen LogP contribution in [-0.4, -0.2) is 64.0 Å². The number of methoxy groups -OCH3 is 1. The van der Waals surface area contributed by atoms with Gasteiger partial charge in [-0.15, -0.1) is 0 Å². The minimum atomic E-state index is -1.06. The van der Waals surface area contributed by atoms with Crippen LogP contribution in [0.15, 0.2) is 124 Å². The third kappa shape index (κ3) is 7.19. The van der Waals surface area contributed by atoms with Gasteiger partial charge in [0.2, 0.25) is 11.6 Å². The molecular formula is C42H32BrN7O8. The van der Waals surface area contributed by atoms with Crippen molar-refractivity contribution in [3.05, 3.63) is 169 Å². The van der Waals surface area contributed by atoms with Crippen LogP contribution in [0.3, 0.4) is 0 Å². The predicted octanol–water partition coefficient (Wildman–Crippen LogP) is 6.04. The van der Waals surface area contributed by atoms with Gasteiger partial charge < -0.3 is 20.6 Å². The Bertz CT molecular complexity index is 3090. The normalized spacial score (nSPS) is 11.0. The van der Waals surface area contributed by atoms with Crippen molar-refractivity contribution in [3.8, 4) is 11.3 Å². The number of carboxylic acids is 1. The van der Waals surface area contributed by atoms with Gasteiger partial charge in [0, 0.05) is 41.3 Å². The van der Waals surface area contributed by atoms with Crippen molar-refractivity contribution in [2.45, 2.75) is 19.9 Å². The molecule has 3 aromatic carbocycles. The summed E-state index contributed by atoms with van der Waals surface area (Å²) in [4.78, 5) is 86.1. The van der Waals surface area contributed by atoms with E-state index in [-0.39, 0.29) is 51.7 Å². The van der Waals surface area contributed by atoms with Crippen LogP contribution < -0.4 is 17.0 Å². The number of carbonyl (C=O) groups is 4. The van der Waals surface area contributed by atoms with Gasteiger partial charge in [0.05, 0.1) is 45.9 Å². The number of benzene rings is 3. The van der Waals surface area contributed by atoms with Crippen LogP contribution >= 0.6 is 15.9 Å². The molecule has 290 valence electrons. The average Bonchev–Trinajstić information content (AvgIpc) is 3.80. The maximum absolute atomic E-state index is 13.6. The number of aromatic carboxylic acids is 1. The van der Waals surface area contributed by atoms with Gasteiger partial charge in [-0.2, -0.15) is 0 Å². The maximum Gasteiger partial charge on any atom is 0.339 e. The second-order valence-corrected chi connectivity index (χ2v) is 13.7. The van der Waals surface area contributed by atoms with E-state index >= 15 is 0 Å². The van der Waals surface area contributed by atoms with Crippen molar-refractivity contribution >= 4 is 67.1 Å². The molecule has 0 amide bonds. The number of nitrogens with one attached hydrogen (secondary N) is 1. The van der Waals surface area contributed by atoms with E-state index in [9.17, 15) is 33.9 Å². The summed E-state index contributed by atoms with van der Waals surface area (Å²) < 4.78 is 9.69.